The van der Waals surface area contributed by atoms with Crippen LogP contribution in [-0.4, -0.2) is 32.5 Å². The quantitative estimate of drug-likeness (QED) is 0.645. The molecule has 13 heavy (non-hydrogen) atoms. The first kappa shape index (κ1) is 12.2. The van der Waals surface area contributed by atoms with Crippen LogP contribution in [0.15, 0.2) is 0 Å². The molecule has 1 amide bonds. The van der Waals surface area contributed by atoms with E-state index >= 15 is 0 Å². The van der Waals surface area contributed by atoms with E-state index in [9.17, 15) is 4.79 Å². The third kappa shape index (κ3) is 9.14. The summed E-state index contributed by atoms with van der Waals surface area (Å²) in [7, 11) is 1.67. The Labute approximate surface area is 79.6 Å². The van der Waals surface area contributed by atoms with E-state index < -0.39 is 0 Å². The van der Waals surface area contributed by atoms with E-state index in [4.69, 9.17) is 9.47 Å². The molecule has 0 aromatic heterocycles. The number of carbonyl (C=O) groups excluding carboxylic acids is 1. The maximum atomic E-state index is 10.9. The topological polar surface area (TPSA) is 47.6 Å². The molecule has 0 aliphatic carbocycles. The van der Waals surface area contributed by atoms with Crippen LogP contribution in [0.4, 0.5) is 4.79 Å². The van der Waals surface area contributed by atoms with Crippen molar-refractivity contribution in [3.8, 4) is 0 Å². The average Bonchev–Trinajstić information content (AvgIpc) is 2.02. The van der Waals surface area contributed by atoms with E-state index in [0.717, 1.165) is 19.4 Å². The minimum absolute atomic E-state index is 0.0565. The predicted octanol–water partition coefficient (Wildman–Crippen LogP) is 1.55. The molecule has 4 nitrogen and oxygen atoms in total. The molecule has 0 aromatic rings. The van der Waals surface area contributed by atoms with Gasteiger partial charge >= 0.3 is 6.09 Å². The van der Waals surface area contributed by atoms with Crippen LogP contribution >= 0.6 is 0 Å². The van der Waals surface area contributed by atoms with E-state index in [-0.39, 0.29) is 12.2 Å². The van der Waals surface area contributed by atoms with Gasteiger partial charge in [-0.2, -0.15) is 0 Å². The summed E-state index contributed by atoms with van der Waals surface area (Å²) in [4.78, 5) is 10.9. The molecule has 0 aliphatic rings. The molecule has 0 heterocycles. The molecule has 0 aliphatic heterocycles. The van der Waals surface area contributed by atoms with Gasteiger partial charge in [0.05, 0.1) is 6.10 Å². The normalized spacial score (nSPS) is 10.2. The fraction of sp³-hybridized carbons (Fsp3) is 0.889. The summed E-state index contributed by atoms with van der Waals surface area (Å²) in [5, 5.41) is 2.66. The Kier molecular flexibility index (Phi) is 7.39. The number of carbonyl (C=O) groups is 1. The van der Waals surface area contributed by atoms with E-state index in [2.05, 4.69) is 5.32 Å². The van der Waals surface area contributed by atoms with E-state index in [1.807, 2.05) is 13.8 Å². The number of amides is 1. The summed E-state index contributed by atoms with van der Waals surface area (Å²) in [5.74, 6) is 0. The van der Waals surface area contributed by atoms with Crippen LogP contribution in [0, 0.1) is 0 Å². The van der Waals surface area contributed by atoms with Crippen molar-refractivity contribution in [3.63, 3.8) is 0 Å². The first-order valence-electron chi connectivity index (χ1n) is 4.60. The fourth-order valence-corrected chi connectivity index (χ4v) is 0.818. The smallest absolute Gasteiger partial charge is 0.407 e. The molecule has 4 heteroatoms. The summed E-state index contributed by atoms with van der Waals surface area (Å²) in [6.45, 7) is 5.03. The summed E-state index contributed by atoms with van der Waals surface area (Å²) in [5.41, 5.74) is 0. The SMILES string of the molecule is COCCCCNC(=O)OC(C)C. The van der Waals surface area contributed by atoms with Gasteiger partial charge in [0.2, 0.25) is 0 Å². The largest absolute Gasteiger partial charge is 0.447 e. The van der Waals surface area contributed by atoms with Crippen LogP contribution in [-0.2, 0) is 9.47 Å². The van der Waals surface area contributed by atoms with Crippen molar-refractivity contribution < 1.29 is 14.3 Å². The van der Waals surface area contributed by atoms with Crippen LogP contribution in [0.1, 0.15) is 26.7 Å². The van der Waals surface area contributed by atoms with E-state index in [1.54, 1.807) is 7.11 Å². The number of unbranched alkanes of at least 4 members (excludes halogenated alkanes) is 1. The molecule has 0 radical (unpaired) electrons. The van der Waals surface area contributed by atoms with Gasteiger partial charge in [0.1, 0.15) is 0 Å². The van der Waals surface area contributed by atoms with Crippen LogP contribution in [0.3, 0.4) is 0 Å². The van der Waals surface area contributed by atoms with Crippen LogP contribution in [0.5, 0.6) is 0 Å². The molecule has 0 unspecified atom stereocenters. The van der Waals surface area contributed by atoms with Crippen molar-refractivity contribution in [2.75, 3.05) is 20.3 Å². The summed E-state index contributed by atoms with van der Waals surface area (Å²) >= 11 is 0. The lowest BCUT2D eigenvalue weighted by molar-refractivity contribution is 0.115. The highest BCUT2D eigenvalue weighted by molar-refractivity contribution is 5.67. The lowest BCUT2D eigenvalue weighted by Gasteiger charge is -2.08. The predicted molar refractivity (Wildman–Crippen MR) is 50.7 cm³/mol. The Morgan fingerprint density at radius 3 is 2.62 bits per heavy atom. The van der Waals surface area contributed by atoms with Crippen molar-refractivity contribution in [2.45, 2.75) is 32.8 Å². The molecular weight excluding hydrogens is 170 g/mol. The Morgan fingerprint density at radius 1 is 1.38 bits per heavy atom. The monoisotopic (exact) mass is 189 g/mol. The Morgan fingerprint density at radius 2 is 2.08 bits per heavy atom. The number of ether oxygens (including phenoxy) is 2. The molecule has 0 spiro atoms. The van der Waals surface area contributed by atoms with Gasteiger partial charge in [0, 0.05) is 20.3 Å². The first-order chi connectivity index (χ1) is 6.16. The molecule has 1 N–H and O–H groups in total. The van der Waals surface area contributed by atoms with Crippen LogP contribution < -0.4 is 5.32 Å². The Bertz CT molecular complexity index is 137. The molecule has 0 atom stereocenters. The second-order valence-corrected chi connectivity index (χ2v) is 3.08. The minimum atomic E-state index is -0.340. The van der Waals surface area contributed by atoms with Crippen LogP contribution in [0.25, 0.3) is 0 Å². The third-order valence-corrected chi connectivity index (χ3v) is 1.39. The zero-order chi connectivity index (χ0) is 10.1. The van der Waals surface area contributed by atoms with Gasteiger partial charge in [-0.05, 0) is 26.7 Å². The maximum absolute atomic E-state index is 10.9. The van der Waals surface area contributed by atoms with Crippen molar-refractivity contribution in [2.24, 2.45) is 0 Å². The number of rotatable bonds is 6. The number of nitrogens with one attached hydrogen (secondary N) is 1. The molecule has 0 saturated heterocycles. The molecule has 0 saturated carbocycles. The van der Waals surface area contributed by atoms with E-state index in [1.165, 1.54) is 0 Å². The molecule has 0 aromatic carbocycles. The molecule has 0 bridgehead atoms. The highest BCUT2D eigenvalue weighted by Gasteiger charge is 2.02. The Hall–Kier alpha value is -0.770. The van der Waals surface area contributed by atoms with Crippen molar-refractivity contribution in [3.05, 3.63) is 0 Å². The number of alkyl carbamates (subject to hydrolysis) is 1. The molecule has 0 fully saturated rings. The van der Waals surface area contributed by atoms with Gasteiger partial charge < -0.3 is 14.8 Å². The maximum Gasteiger partial charge on any atom is 0.407 e. The lowest BCUT2D eigenvalue weighted by atomic mass is 10.3. The highest BCUT2D eigenvalue weighted by atomic mass is 16.6. The van der Waals surface area contributed by atoms with Crippen molar-refractivity contribution >= 4 is 6.09 Å². The number of methoxy groups -OCH3 is 1. The van der Waals surface area contributed by atoms with Gasteiger partial charge in [-0.25, -0.2) is 4.79 Å². The Balaban J connectivity index is 3.17. The van der Waals surface area contributed by atoms with E-state index in [0.29, 0.717) is 6.54 Å². The van der Waals surface area contributed by atoms with Gasteiger partial charge in [-0.15, -0.1) is 0 Å². The second kappa shape index (κ2) is 7.86. The van der Waals surface area contributed by atoms with Crippen molar-refractivity contribution in [1.82, 2.24) is 5.32 Å². The van der Waals surface area contributed by atoms with Crippen LogP contribution in [0.2, 0.25) is 0 Å². The molecular formula is C9H19NO3. The van der Waals surface area contributed by atoms with Gasteiger partial charge in [0.15, 0.2) is 0 Å². The lowest BCUT2D eigenvalue weighted by Crippen LogP contribution is -2.27. The summed E-state index contributed by atoms with van der Waals surface area (Å²) < 4.78 is 9.74. The molecule has 78 valence electrons. The highest BCUT2D eigenvalue weighted by Crippen LogP contribution is 1.90. The van der Waals surface area contributed by atoms with Gasteiger partial charge in [-0.3, -0.25) is 0 Å². The minimum Gasteiger partial charge on any atom is -0.447 e. The van der Waals surface area contributed by atoms with Gasteiger partial charge in [-0.1, -0.05) is 0 Å². The summed E-state index contributed by atoms with van der Waals surface area (Å²) in [6, 6.07) is 0. The number of hydrogen-bond acceptors (Lipinski definition) is 3. The number of hydrogen-bond donors (Lipinski definition) is 1. The molecule has 0 rings (SSSR count). The third-order valence-electron chi connectivity index (χ3n) is 1.39. The zero-order valence-corrected chi connectivity index (χ0v) is 8.63. The first-order valence-corrected chi connectivity index (χ1v) is 4.60. The standard InChI is InChI=1S/C9H19NO3/c1-8(2)13-9(11)10-6-4-5-7-12-3/h8H,4-7H2,1-3H3,(H,10,11). The van der Waals surface area contributed by atoms with Crippen molar-refractivity contribution in [1.29, 1.82) is 0 Å². The fourth-order valence-electron chi connectivity index (χ4n) is 0.818. The second-order valence-electron chi connectivity index (χ2n) is 3.08. The van der Waals surface area contributed by atoms with Gasteiger partial charge in [0.25, 0.3) is 0 Å². The zero-order valence-electron chi connectivity index (χ0n) is 8.63. The average molecular weight is 189 g/mol. The summed E-state index contributed by atoms with van der Waals surface area (Å²) in [6.07, 6.45) is 1.48.